The van der Waals surface area contributed by atoms with Crippen LogP contribution in [0, 0.1) is 11.8 Å². The topological polar surface area (TPSA) is 75.4 Å². The average molecular weight is 301 g/mol. The first-order valence-electron chi connectivity index (χ1n) is 8.10. The number of amides is 2. The molecular weight excluding hydrogens is 278 g/mol. The third-order valence-electron chi connectivity index (χ3n) is 4.80. The fourth-order valence-corrected chi connectivity index (χ4v) is 3.57. The molecule has 0 unspecified atom stereocenters. The van der Waals surface area contributed by atoms with E-state index in [9.17, 15) is 9.59 Å². The summed E-state index contributed by atoms with van der Waals surface area (Å²) in [7, 11) is 0. The van der Waals surface area contributed by atoms with Gasteiger partial charge in [-0.15, -0.1) is 0 Å². The van der Waals surface area contributed by atoms with Crippen LogP contribution in [-0.2, 0) is 9.59 Å². The molecule has 0 spiro atoms. The molecule has 1 saturated carbocycles. The lowest BCUT2D eigenvalue weighted by atomic mass is 9.95. The van der Waals surface area contributed by atoms with Gasteiger partial charge in [0.05, 0.1) is 0 Å². The maximum absolute atomic E-state index is 12.4. The fourth-order valence-electron chi connectivity index (χ4n) is 3.57. The van der Waals surface area contributed by atoms with Gasteiger partial charge in [-0.1, -0.05) is 12.5 Å². The molecule has 5 heteroatoms. The highest BCUT2D eigenvalue weighted by molar-refractivity contribution is 5.97. The lowest BCUT2D eigenvalue weighted by Crippen LogP contribution is -2.30. The Hall–Kier alpha value is -1.88. The number of carbonyl (C=O) groups excluding carboxylic acids is 2. The second-order valence-electron chi connectivity index (χ2n) is 6.22. The Kier molecular flexibility index (Phi) is 4.43. The zero-order chi connectivity index (χ0) is 15.5. The Morgan fingerprint density at radius 3 is 2.91 bits per heavy atom. The van der Waals surface area contributed by atoms with Gasteiger partial charge in [0.15, 0.2) is 0 Å². The summed E-state index contributed by atoms with van der Waals surface area (Å²) < 4.78 is 0. The summed E-state index contributed by atoms with van der Waals surface area (Å²) in [6.45, 7) is 1.33. The van der Waals surface area contributed by atoms with Crippen LogP contribution in [0.1, 0.15) is 32.1 Å². The van der Waals surface area contributed by atoms with Crippen LogP contribution < -0.4 is 16.0 Å². The van der Waals surface area contributed by atoms with Crippen molar-refractivity contribution in [2.24, 2.45) is 17.6 Å². The van der Waals surface area contributed by atoms with Crippen LogP contribution in [0.25, 0.3) is 0 Å². The minimum absolute atomic E-state index is 0.0158. The predicted molar refractivity (Wildman–Crippen MR) is 86.5 cm³/mol. The molecule has 2 fully saturated rings. The van der Waals surface area contributed by atoms with Gasteiger partial charge in [-0.05, 0) is 49.9 Å². The first-order chi connectivity index (χ1) is 10.7. The van der Waals surface area contributed by atoms with E-state index in [2.05, 4.69) is 5.32 Å². The number of nitrogens with one attached hydrogen (secondary N) is 1. The van der Waals surface area contributed by atoms with Gasteiger partial charge in [-0.2, -0.15) is 0 Å². The van der Waals surface area contributed by atoms with Crippen molar-refractivity contribution in [3.8, 4) is 0 Å². The van der Waals surface area contributed by atoms with Gasteiger partial charge < -0.3 is 16.0 Å². The largest absolute Gasteiger partial charge is 0.330 e. The van der Waals surface area contributed by atoms with E-state index in [1.807, 2.05) is 24.3 Å². The molecule has 1 aliphatic carbocycles. The first kappa shape index (κ1) is 15.0. The molecule has 1 aliphatic heterocycles. The first-order valence-corrected chi connectivity index (χ1v) is 8.10. The SMILES string of the molecule is NC[C@H]1CCC[C@H]1C(=O)Nc1cccc(N2CCCC2=O)c1. The molecule has 2 aliphatic rings. The number of carbonyl (C=O) groups is 2. The van der Waals surface area contributed by atoms with Crippen molar-refractivity contribution >= 4 is 23.2 Å². The smallest absolute Gasteiger partial charge is 0.227 e. The van der Waals surface area contributed by atoms with Gasteiger partial charge in [0.1, 0.15) is 0 Å². The van der Waals surface area contributed by atoms with Crippen LogP contribution in [0.5, 0.6) is 0 Å². The van der Waals surface area contributed by atoms with Crippen molar-refractivity contribution in [3.63, 3.8) is 0 Å². The molecular formula is C17H23N3O2. The third-order valence-corrected chi connectivity index (χ3v) is 4.80. The molecule has 5 nitrogen and oxygen atoms in total. The molecule has 2 atom stereocenters. The van der Waals surface area contributed by atoms with Gasteiger partial charge in [-0.25, -0.2) is 0 Å². The number of nitrogens with zero attached hydrogens (tertiary/aromatic N) is 1. The standard InChI is InChI=1S/C17H23N3O2/c18-11-12-4-1-7-15(12)17(22)19-13-5-2-6-14(10-13)20-9-3-8-16(20)21/h2,5-6,10,12,15H,1,3-4,7-9,11,18H2,(H,19,22)/t12-,15-/m1/s1. The van der Waals surface area contributed by atoms with Crippen molar-refractivity contribution in [1.29, 1.82) is 0 Å². The molecule has 2 amide bonds. The minimum atomic E-state index is 0.0158. The number of benzene rings is 1. The van der Waals surface area contributed by atoms with E-state index in [1.54, 1.807) is 4.90 Å². The summed E-state index contributed by atoms with van der Waals surface area (Å²) >= 11 is 0. The molecule has 22 heavy (non-hydrogen) atoms. The number of rotatable bonds is 4. The third kappa shape index (κ3) is 2.99. The Bertz CT molecular complexity index is 573. The van der Waals surface area contributed by atoms with Crippen LogP contribution in [-0.4, -0.2) is 24.9 Å². The van der Waals surface area contributed by atoms with Gasteiger partial charge in [0.25, 0.3) is 0 Å². The van der Waals surface area contributed by atoms with Gasteiger partial charge >= 0.3 is 0 Å². The van der Waals surface area contributed by atoms with E-state index in [0.717, 1.165) is 43.6 Å². The number of nitrogens with two attached hydrogens (primary N) is 1. The Morgan fingerprint density at radius 1 is 1.32 bits per heavy atom. The second kappa shape index (κ2) is 6.48. The molecule has 3 rings (SSSR count). The Morgan fingerprint density at radius 2 is 2.18 bits per heavy atom. The lowest BCUT2D eigenvalue weighted by molar-refractivity contribution is -0.120. The zero-order valence-electron chi connectivity index (χ0n) is 12.8. The quantitative estimate of drug-likeness (QED) is 0.894. The molecule has 1 aromatic carbocycles. The molecule has 1 saturated heterocycles. The molecule has 3 N–H and O–H groups in total. The van der Waals surface area contributed by atoms with Crippen LogP contribution in [0.15, 0.2) is 24.3 Å². The van der Waals surface area contributed by atoms with Gasteiger partial charge in [-0.3, -0.25) is 9.59 Å². The molecule has 118 valence electrons. The summed E-state index contributed by atoms with van der Waals surface area (Å²) in [6.07, 6.45) is 4.53. The minimum Gasteiger partial charge on any atom is -0.330 e. The van der Waals surface area contributed by atoms with Crippen molar-refractivity contribution < 1.29 is 9.59 Å². The Labute approximate surface area is 130 Å². The maximum atomic E-state index is 12.4. The van der Waals surface area contributed by atoms with E-state index in [4.69, 9.17) is 5.73 Å². The molecule has 0 bridgehead atoms. The molecule has 1 aromatic rings. The average Bonchev–Trinajstić information content (AvgIpc) is 3.15. The van der Waals surface area contributed by atoms with Gasteiger partial charge in [0, 0.05) is 30.3 Å². The van der Waals surface area contributed by atoms with Crippen LogP contribution in [0.4, 0.5) is 11.4 Å². The normalized spacial score (nSPS) is 24.8. The highest BCUT2D eigenvalue weighted by atomic mass is 16.2. The molecule has 0 aromatic heterocycles. The van der Waals surface area contributed by atoms with Crippen LogP contribution >= 0.6 is 0 Å². The van der Waals surface area contributed by atoms with E-state index >= 15 is 0 Å². The summed E-state index contributed by atoms with van der Waals surface area (Å²) in [4.78, 5) is 26.0. The second-order valence-corrected chi connectivity index (χ2v) is 6.22. The van der Waals surface area contributed by atoms with E-state index < -0.39 is 0 Å². The summed E-state index contributed by atoms with van der Waals surface area (Å²) in [6, 6.07) is 7.55. The van der Waals surface area contributed by atoms with Crippen molar-refractivity contribution in [1.82, 2.24) is 0 Å². The maximum Gasteiger partial charge on any atom is 0.227 e. The number of hydrogen-bond donors (Lipinski definition) is 2. The van der Waals surface area contributed by atoms with Crippen molar-refractivity contribution in [2.45, 2.75) is 32.1 Å². The van der Waals surface area contributed by atoms with Gasteiger partial charge in [0.2, 0.25) is 11.8 Å². The monoisotopic (exact) mass is 301 g/mol. The summed E-state index contributed by atoms with van der Waals surface area (Å²) in [5.74, 6) is 0.519. The molecule has 0 radical (unpaired) electrons. The van der Waals surface area contributed by atoms with E-state index in [0.29, 0.717) is 18.9 Å². The predicted octanol–water partition coefficient (Wildman–Crippen LogP) is 2.13. The summed E-state index contributed by atoms with van der Waals surface area (Å²) in [5, 5.41) is 2.99. The lowest BCUT2D eigenvalue weighted by Gasteiger charge is -2.19. The molecule has 1 heterocycles. The van der Waals surface area contributed by atoms with E-state index in [1.165, 1.54) is 0 Å². The zero-order valence-corrected chi connectivity index (χ0v) is 12.8. The highest BCUT2D eigenvalue weighted by Gasteiger charge is 2.32. The van der Waals surface area contributed by atoms with E-state index in [-0.39, 0.29) is 17.7 Å². The summed E-state index contributed by atoms with van der Waals surface area (Å²) in [5.41, 5.74) is 7.37. The van der Waals surface area contributed by atoms with Crippen LogP contribution in [0.3, 0.4) is 0 Å². The Balaban J connectivity index is 1.70. The van der Waals surface area contributed by atoms with Crippen molar-refractivity contribution in [2.75, 3.05) is 23.3 Å². The van der Waals surface area contributed by atoms with Crippen LogP contribution in [0.2, 0.25) is 0 Å². The fraction of sp³-hybridized carbons (Fsp3) is 0.529. The van der Waals surface area contributed by atoms with Crippen molar-refractivity contribution in [3.05, 3.63) is 24.3 Å². The highest BCUT2D eigenvalue weighted by Crippen LogP contribution is 2.32. The number of hydrogen-bond acceptors (Lipinski definition) is 3. The number of anilines is 2.